The molecule has 10 nitrogen and oxygen atoms in total. The van der Waals surface area contributed by atoms with Crippen LogP contribution in [0, 0.1) is 22.0 Å². The van der Waals surface area contributed by atoms with Gasteiger partial charge in [0, 0.05) is 18.2 Å². The number of benzene rings is 1. The highest BCUT2D eigenvalue weighted by Gasteiger charge is 2.55. The van der Waals surface area contributed by atoms with Gasteiger partial charge in [0.1, 0.15) is 6.04 Å². The van der Waals surface area contributed by atoms with Gasteiger partial charge in [0.25, 0.3) is 5.69 Å². The fourth-order valence-electron chi connectivity index (χ4n) is 3.13. The van der Waals surface area contributed by atoms with E-state index in [1.807, 2.05) is 0 Å². The molecule has 10 heteroatoms. The first kappa shape index (κ1) is 19.3. The van der Waals surface area contributed by atoms with E-state index in [4.69, 9.17) is 14.2 Å². The van der Waals surface area contributed by atoms with Crippen LogP contribution in [0.5, 0.6) is 0 Å². The van der Waals surface area contributed by atoms with E-state index in [1.54, 1.807) is 6.07 Å². The number of hydrogen-bond acceptors (Lipinski definition) is 9. The van der Waals surface area contributed by atoms with Crippen molar-refractivity contribution in [3.05, 3.63) is 39.9 Å². The Hall–Kier alpha value is -3.01. The van der Waals surface area contributed by atoms with Crippen molar-refractivity contribution >= 4 is 23.6 Å². The van der Waals surface area contributed by atoms with Crippen LogP contribution in [0.25, 0.3) is 0 Å². The lowest BCUT2D eigenvalue weighted by atomic mass is 9.84. The molecule has 0 amide bonds. The summed E-state index contributed by atoms with van der Waals surface area (Å²) < 4.78 is 14.2. The number of hydrogen-bond donors (Lipinski definition) is 1. The van der Waals surface area contributed by atoms with Crippen molar-refractivity contribution < 1.29 is 33.5 Å². The molecule has 1 aliphatic heterocycles. The number of esters is 3. The van der Waals surface area contributed by atoms with E-state index in [0.29, 0.717) is 5.56 Å². The van der Waals surface area contributed by atoms with E-state index < -0.39 is 46.8 Å². The van der Waals surface area contributed by atoms with Crippen LogP contribution in [0.15, 0.2) is 24.3 Å². The standard InChI is InChI=1S/C16H18N2O8/c1-24-14(19)10-11(15(20)25-2)13(16(21)26-3)17-12(10)8-5-4-6-9(7-8)18(22)23/h4-7,10-13,17H,1-3H3/t10-,11+,12-,13-/m1/s1. The summed E-state index contributed by atoms with van der Waals surface area (Å²) in [6.07, 6.45) is 0. The third-order valence-electron chi connectivity index (χ3n) is 4.31. The van der Waals surface area contributed by atoms with Gasteiger partial charge in [-0.2, -0.15) is 0 Å². The summed E-state index contributed by atoms with van der Waals surface area (Å²) in [5.41, 5.74) is 0.166. The molecule has 1 heterocycles. The number of ether oxygens (including phenoxy) is 3. The molecule has 0 radical (unpaired) electrons. The van der Waals surface area contributed by atoms with Gasteiger partial charge in [0.2, 0.25) is 0 Å². The first-order valence-electron chi connectivity index (χ1n) is 7.59. The quantitative estimate of drug-likeness (QED) is 0.339. The summed E-state index contributed by atoms with van der Waals surface area (Å²) in [4.78, 5) is 47.1. The predicted octanol–water partition coefficient (Wildman–Crippen LogP) is 0.359. The van der Waals surface area contributed by atoms with Crippen LogP contribution in [0.1, 0.15) is 11.6 Å². The molecule has 140 valence electrons. The summed E-state index contributed by atoms with van der Waals surface area (Å²) in [6.45, 7) is 0. The van der Waals surface area contributed by atoms with E-state index in [1.165, 1.54) is 18.2 Å². The van der Waals surface area contributed by atoms with Gasteiger partial charge in [-0.1, -0.05) is 12.1 Å². The number of nitro groups is 1. The molecule has 1 aromatic rings. The van der Waals surface area contributed by atoms with Crippen molar-refractivity contribution in [2.75, 3.05) is 21.3 Å². The largest absolute Gasteiger partial charge is 0.469 e. The van der Waals surface area contributed by atoms with Crippen molar-refractivity contribution in [1.82, 2.24) is 5.32 Å². The van der Waals surface area contributed by atoms with Crippen molar-refractivity contribution in [3.8, 4) is 0 Å². The Kier molecular flexibility index (Phi) is 5.88. The van der Waals surface area contributed by atoms with Crippen LogP contribution in [-0.4, -0.2) is 50.2 Å². The Balaban J connectivity index is 2.54. The summed E-state index contributed by atoms with van der Waals surface area (Å²) in [5.74, 6) is -4.64. The molecule has 2 rings (SSSR count). The molecule has 0 saturated carbocycles. The number of nitrogens with zero attached hydrogens (tertiary/aromatic N) is 1. The minimum atomic E-state index is -1.20. The Morgan fingerprint density at radius 1 is 1.00 bits per heavy atom. The average molecular weight is 366 g/mol. The van der Waals surface area contributed by atoms with Gasteiger partial charge in [-0.05, 0) is 5.56 Å². The Labute approximate surface area is 148 Å². The Bertz CT molecular complexity index is 735. The molecule has 0 bridgehead atoms. The zero-order chi connectivity index (χ0) is 19.4. The topological polar surface area (TPSA) is 134 Å². The molecule has 1 aromatic carbocycles. The van der Waals surface area contributed by atoms with Crippen LogP contribution in [0.3, 0.4) is 0 Å². The number of nitro benzene ring substituents is 1. The monoisotopic (exact) mass is 366 g/mol. The van der Waals surface area contributed by atoms with Gasteiger partial charge in [-0.15, -0.1) is 0 Å². The fraction of sp³-hybridized carbons (Fsp3) is 0.438. The molecule has 1 fully saturated rings. The lowest BCUT2D eigenvalue weighted by Gasteiger charge is -2.21. The molecular formula is C16H18N2O8. The molecule has 0 aliphatic carbocycles. The minimum Gasteiger partial charge on any atom is -0.469 e. The minimum absolute atomic E-state index is 0.191. The van der Waals surface area contributed by atoms with Crippen molar-refractivity contribution in [3.63, 3.8) is 0 Å². The zero-order valence-electron chi connectivity index (χ0n) is 14.3. The van der Waals surface area contributed by atoms with Crippen LogP contribution in [0.2, 0.25) is 0 Å². The predicted molar refractivity (Wildman–Crippen MR) is 85.8 cm³/mol. The highest BCUT2D eigenvalue weighted by Crippen LogP contribution is 2.40. The van der Waals surface area contributed by atoms with Gasteiger partial charge in [-0.3, -0.25) is 29.8 Å². The lowest BCUT2D eigenvalue weighted by molar-refractivity contribution is -0.384. The third kappa shape index (κ3) is 3.49. The molecule has 0 unspecified atom stereocenters. The Morgan fingerprint density at radius 3 is 2.12 bits per heavy atom. The summed E-state index contributed by atoms with van der Waals surface area (Å²) >= 11 is 0. The molecular weight excluding hydrogens is 348 g/mol. The summed E-state index contributed by atoms with van der Waals surface area (Å²) in [7, 11) is 3.42. The number of carbonyl (C=O) groups excluding carboxylic acids is 3. The van der Waals surface area contributed by atoms with Gasteiger partial charge < -0.3 is 14.2 Å². The fourth-order valence-corrected chi connectivity index (χ4v) is 3.13. The van der Waals surface area contributed by atoms with Crippen LogP contribution >= 0.6 is 0 Å². The molecule has 1 aliphatic rings. The molecule has 0 spiro atoms. The van der Waals surface area contributed by atoms with E-state index >= 15 is 0 Å². The van der Waals surface area contributed by atoms with E-state index in [0.717, 1.165) is 21.3 Å². The second kappa shape index (κ2) is 7.91. The second-order valence-electron chi connectivity index (χ2n) is 5.60. The maximum atomic E-state index is 12.3. The maximum absolute atomic E-state index is 12.3. The van der Waals surface area contributed by atoms with E-state index in [-0.39, 0.29) is 5.69 Å². The molecule has 0 aromatic heterocycles. The number of non-ortho nitro benzene ring substituents is 1. The zero-order valence-corrected chi connectivity index (χ0v) is 14.3. The molecule has 4 atom stereocenters. The van der Waals surface area contributed by atoms with Crippen molar-refractivity contribution in [2.45, 2.75) is 12.1 Å². The van der Waals surface area contributed by atoms with E-state index in [2.05, 4.69) is 5.32 Å². The normalized spacial score (nSPS) is 24.6. The SMILES string of the molecule is COC(=O)[C@@H]1[C@H](C(=O)OC)[C@H](C(=O)OC)N[C@@H]1c1cccc([N+](=O)[O-])c1. The second-order valence-corrected chi connectivity index (χ2v) is 5.60. The van der Waals surface area contributed by atoms with E-state index in [9.17, 15) is 24.5 Å². The average Bonchev–Trinajstić information content (AvgIpc) is 3.06. The van der Waals surface area contributed by atoms with Gasteiger partial charge >= 0.3 is 17.9 Å². The van der Waals surface area contributed by atoms with Crippen LogP contribution in [0.4, 0.5) is 5.69 Å². The lowest BCUT2D eigenvalue weighted by Crippen LogP contribution is -2.42. The van der Waals surface area contributed by atoms with Crippen LogP contribution in [-0.2, 0) is 28.6 Å². The first-order chi connectivity index (χ1) is 12.3. The molecule has 26 heavy (non-hydrogen) atoms. The highest BCUT2D eigenvalue weighted by atomic mass is 16.6. The molecule has 1 saturated heterocycles. The number of nitrogens with one attached hydrogen (secondary N) is 1. The van der Waals surface area contributed by atoms with Gasteiger partial charge in [0.15, 0.2) is 0 Å². The van der Waals surface area contributed by atoms with Gasteiger partial charge in [0.05, 0.1) is 38.1 Å². The van der Waals surface area contributed by atoms with Crippen molar-refractivity contribution in [2.24, 2.45) is 11.8 Å². The first-order valence-corrected chi connectivity index (χ1v) is 7.59. The van der Waals surface area contributed by atoms with Crippen molar-refractivity contribution in [1.29, 1.82) is 0 Å². The Morgan fingerprint density at radius 2 is 1.58 bits per heavy atom. The molecule has 1 N–H and O–H groups in total. The highest BCUT2D eigenvalue weighted by molar-refractivity contribution is 5.91. The summed E-state index contributed by atoms with van der Waals surface area (Å²) in [6, 6.07) is 3.51. The summed E-state index contributed by atoms with van der Waals surface area (Å²) in [5, 5.41) is 13.9. The number of carbonyl (C=O) groups is 3. The third-order valence-corrected chi connectivity index (χ3v) is 4.31. The van der Waals surface area contributed by atoms with Crippen LogP contribution < -0.4 is 5.32 Å². The maximum Gasteiger partial charge on any atom is 0.323 e. The smallest absolute Gasteiger partial charge is 0.323 e. The number of methoxy groups -OCH3 is 3. The number of rotatable bonds is 5. The van der Waals surface area contributed by atoms with Gasteiger partial charge in [-0.25, -0.2) is 0 Å².